The van der Waals surface area contributed by atoms with Crippen LogP contribution in [0.25, 0.3) is 16.6 Å². The van der Waals surface area contributed by atoms with Crippen molar-refractivity contribution in [1.82, 2.24) is 19.5 Å². The fraction of sp³-hybridized carbons (Fsp3) is 0.174. The lowest BCUT2D eigenvalue weighted by Crippen LogP contribution is -2.25. The molecule has 0 amide bonds. The summed E-state index contributed by atoms with van der Waals surface area (Å²) in [6.07, 6.45) is 3.05. The zero-order valence-corrected chi connectivity index (χ0v) is 17.6. The van der Waals surface area contributed by atoms with Gasteiger partial charge in [0, 0.05) is 17.6 Å². The van der Waals surface area contributed by atoms with Gasteiger partial charge in [0.1, 0.15) is 18.0 Å². The highest BCUT2D eigenvalue weighted by molar-refractivity contribution is 6.04. The predicted molar refractivity (Wildman–Crippen MR) is 123 cm³/mol. The summed E-state index contributed by atoms with van der Waals surface area (Å²) in [5.74, 6) is 0.679. The number of rotatable bonds is 5. The molecular formula is C23H23N7O. The van der Waals surface area contributed by atoms with Crippen LogP contribution in [0.5, 0.6) is 0 Å². The second-order valence-corrected chi connectivity index (χ2v) is 7.41. The van der Waals surface area contributed by atoms with Crippen molar-refractivity contribution < 1.29 is 0 Å². The van der Waals surface area contributed by atoms with E-state index in [-0.39, 0.29) is 23.6 Å². The first-order valence-corrected chi connectivity index (χ1v) is 9.84. The van der Waals surface area contributed by atoms with Gasteiger partial charge in [0.2, 0.25) is 0 Å². The van der Waals surface area contributed by atoms with E-state index in [0.29, 0.717) is 22.3 Å². The number of fused-ring (bicyclic) bond motifs is 1. The average molecular weight is 413 g/mol. The van der Waals surface area contributed by atoms with E-state index in [1.54, 1.807) is 17.7 Å². The van der Waals surface area contributed by atoms with Crippen LogP contribution in [-0.2, 0) is 6.54 Å². The number of nitrogens with one attached hydrogen (secondary N) is 2. The van der Waals surface area contributed by atoms with E-state index in [4.69, 9.17) is 11.1 Å². The van der Waals surface area contributed by atoms with Crippen molar-refractivity contribution in [3.63, 3.8) is 0 Å². The Labute approximate surface area is 179 Å². The molecule has 8 nitrogen and oxygen atoms in total. The van der Waals surface area contributed by atoms with Crippen molar-refractivity contribution in [3.05, 3.63) is 81.7 Å². The number of pyridine rings is 2. The van der Waals surface area contributed by atoms with Gasteiger partial charge in [0.25, 0.3) is 5.56 Å². The van der Waals surface area contributed by atoms with Crippen molar-refractivity contribution in [1.29, 1.82) is 5.41 Å². The maximum absolute atomic E-state index is 13.6. The molecule has 4 aromatic rings. The molecule has 31 heavy (non-hydrogen) atoms. The number of nitrogens with two attached hydrogens (primary N) is 1. The minimum Gasteiger partial charge on any atom is -0.383 e. The van der Waals surface area contributed by atoms with Crippen LogP contribution in [0.3, 0.4) is 0 Å². The van der Waals surface area contributed by atoms with E-state index >= 15 is 0 Å². The largest absolute Gasteiger partial charge is 0.383 e. The van der Waals surface area contributed by atoms with E-state index in [1.165, 1.54) is 6.33 Å². The summed E-state index contributed by atoms with van der Waals surface area (Å²) in [4.78, 5) is 26.2. The van der Waals surface area contributed by atoms with Crippen LogP contribution in [0.1, 0.15) is 29.3 Å². The molecule has 4 N–H and O–H groups in total. The molecule has 1 aromatic carbocycles. The Balaban J connectivity index is 1.90. The van der Waals surface area contributed by atoms with Crippen LogP contribution < -0.4 is 16.6 Å². The number of nitrogen functional groups attached to an aromatic ring is 1. The van der Waals surface area contributed by atoms with Crippen LogP contribution in [0.2, 0.25) is 0 Å². The molecule has 3 heterocycles. The molecule has 0 aliphatic rings. The average Bonchev–Trinajstić information content (AvgIpc) is 2.73. The molecule has 0 unspecified atom stereocenters. The summed E-state index contributed by atoms with van der Waals surface area (Å²) < 4.78 is 1.71. The summed E-state index contributed by atoms with van der Waals surface area (Å²) in [7, 11) is 0. The van der Waals surface area contributed by atoms with Gasteiger partial charge in [-0.2, -0.15) is 0 Å². The molecule has 0 aliphatic carbocycles. The van der Waals surface area contributed by atoms with Gasteiger partial charge in [0.15, 0.2) is 0 Å². The predicted octanol–water partition coefficient (Wildman–Crippen LogP) is 3.37. The molecule has 0 spiro atoms. The molecule has 0 atom stereocenters. The van der Waals surface area contributed by atoms with Crippen molar-refractivity contribution in [3.8, 4) is 5.69 Å². The summed E-state index contributed by atoms with van der Waals surface area (Å²) in [5.41, 5.74) is 10.5. The Kier molecular flexibility index (Phi) is 5.21. The summed E-state index contributed by atoms with van der Waals surface area (Å²) >= 11 is 0. The topological polar surface area (TPSA) is 123 Å². The second kappa shape index (κ2) is 7.98. The molecule has 0 saturated heterocycles. The molecule has 3 aromatic heterocycles. The Hall–Kier alpha value is -4.07. The third-order valence-corrected chi connectivity index (χ3v) is 5.24. The van der Waals surface area contributed by atoms with Gasteiger partial charge in [-0.05, 0) is 50.1 Å². The third-order valence-electron chi connectivity index (χ3n) is 5.24. The smallest absolute Gasteiger partial charge is 0.265 e. The van der Waals surface area contributed by atoms with E-state index < -0.39 is 0 Å². The monoisotopic (exact) mass is 413 g/mol. The van der Waals surface area contributed by atoms with Gasteiger partial charge in [-0.1, -0.05) is 18.2 Å². The Bertz CT molecular complexity index is 1370. The summed E-state index contributed by atoms with van der Waals surface area (Å²) in [5, 5.41) is 11.8. The maximum Gasteiger partial charge on any atom is 0.265 e. The summed E-state index contributed by atoms with van der Waals surface area (Å²) in [6.45, 7) is 5.80. The number of benzene rings is 1. The normalized spacial score (nSPS) is 10.9. The van der Waals surface area contributed by atoms with Crippen LogP contribution in [0, 0.1) is 19.3 Å². The van der Waals surface area contributed by atoms with Crippen LogP contribution in [0.4, 0.5) is 11.6 Å². The van der Waals surface area contributed by atoms with Gasteiger partial charge < -0.3 is 16.5 Å². The van der Waals surface area contributed by atoms with Crippen molar-refractivity contribution >= 4 is 28.3 Å². The van der Waals surface area contributed by atoms with E-state index in [1.807, 2.05) is 50.2 Å². The van der Waals surface area contributed by atoms with Crippen molar-refractivity contribution in [2.24, 2.45) is 0 Å². The number of hydrogen-bond acceptors (Lipinski definition) is 7. The standard InChI is InChI=1S/C23H23N7O/c1-13-6-4-5-7-18(13)30-16(10-17-19(23(30)31)14(2)8-9-26-17)11-27-22-20(15(3)24)21(25)28-12-29-22/h4-10,12,24H,11H2,1-3H3,(H3,25,27,28,29). The van der Waals surface area contributed by atoms with Crippen molar-refractivity contribution in [2.75, 3.05) is 11.1 Å². The first-order valence-electron chi connectivity index (χ1n) is 9.84. The zero-order chi connectivity index (χ0) is 22.1. The number of para-hydroxylation sites is 1. The highest BCUT2D eigenvalue weighted by atomic mass is 16.1. The molecule has 156 valence electrons. The minimum absolute atomic E-state index is 0.125. The number of nitrogens with zero attached hydrogens (tertiary/aromatic N) is 4. The minimum atomic E-state index is -0.125. The Morgan fingerprint density at radius 2 is 1.90 bits per heavy atom. The quantitative estimate of drug-likeness (QED) is 0.431. The summed E-state index contributed by atoms with van der Waals surface area (Å²) in [6, 6.07) is 11.5. The van der Waals surface area contributed by atoms with Gasteiger partial charge in [-0.3, -0.25) is 14.3 Å². The van der Waals surface area contributed by atoms with Gasteiger partial charge >= 0.3 is 0 Å². The second-order valence-electron chi connectivity index (χ2n) is 7.41. The van der Waals surface area contributed by atoms with Crippen LogP contribution in [0.15, 0.2) is 53.7 Å². The first-order chi connectivity index (χ1) is 14.9. The van der Waals surface area contributed by atoms with Gasteiger partial charge in [-0.25, -0.2) is 9.97 Å². The molecule has 8 heteroatoms. The van der Waals surface area contributed by atoms with Gasteiger partial charge in [0.05, 0.1) is 28.7 Å². The molecule has 0 aliphatic heterocycles. The lowest BCUT2D eigenvalue weighted by Gasteiger charge is -2.18. The van der Waals surface area contributed by atoms with Crippen LogP contribution in [-0.4, -0.2) is 25.2 Å². The van der Waals surface area contributed by atoms with Crippen molar-refractivity contribution in [2.45, 2.75) is 27.3 Å². The molecule has 0 fully saturated rings. The van der Waals surface area contributed by atoms with E-state index in [2.05, 4.69) is 20.3 Å². The highest BCUT2D eigenvalue weighted by Gasteiger charge is 2.16. The molecular weight excluding hydrogens is 390 g/mol. The Morgan fingerprint density at radius 3 is 2.65 bits per heavy atom. The fourth-order valence-corrected chi connectivity index (χ4v) is 3.72. The first kappa shape index (κ1) is 20.2. The Morgan fingerprint density at radius 1 is 1.13 bits per heavy atom. The molecule has 0 radical (unpaired) electrons. The van der Waals surface area contributed by atoms with E-state index in [0.717, 1.165) is 22.5 Å². The maximum atomic E-state index is 13.6. The zero-order valence-electron chi connectivity index (χ0n) is 17.6. The molecule has 0 saturated carbocycles. The number of aromatic nitrogens is 4. The fourth-order valence-electron chi connectivity index (χ4n) is 3.72. The lowest BCUT2D eigenvalue weighted by atomic mass is 10.1. The molecule has 4 rings (SSSR count). The molecule has 0 bridgehead atoms. The third kappa shape index (κ3) is 3.63. The number of aryl methyl sites for hydroxylation is 2. The SMILES string of the molecule is CC(=N)c1c(N)ncnc1NCc1cc2nccc(C)c2c(=O)n1-c1ccccc1C. The number of anilines is 2. The highest BCUT2D eigenvalue weighted by Crippen LogP contribution is 2.22. The number of hydrogen-bond donors (Lipinski definition) is 3. The van der Waals surface area contributed by atoms with Gasteiger partial charge in [-0.15, -0.1) is 0 Å². The van der Waals surface area contributed by atoms with E-state index in [9.17, 15) is 4.79 Å². The lowest BCUT2D eigenvalue weighted by molar-refractivity contribution is 0.881. The van der Waals surface area contributed by atoms with Crippen LogP contribution >= 0.6 is 0 Å².